The molecule has 0 aromatic heterocycles. The summed E-state index contributed by atoms with van der Waals surface area (Å²) in [4.78, 5) is 12.2. The molecule has 9 heteroatoms. The van der Waals surface area contributed by atoms with Crippen LogP contribution in [0.3, 0.4) is 0 Å². The van der Waals surface area contributed by atoms with Crippen molar-refractivity contribution in [2.75, 3.05) is 16.2 Å². The first-order valence-electron chi connectivity index (χ1n) is 7.76. The summed E-state index contributed by atoms with van der Waals surface area (Å²) in [5.74, 6) is 1.36. The number of carbonyl (C=O) groups excluding carboxylic acids is 1. The molecular formula is C17H16ClN3O3S2. The molecule has 0 bridgehead atoms. The van der Waals surface area contributed by atoms with Crippen LogP contribution >= 0.6 is 23.4 Å². The maximum atomic E-state index is 12.5. The number of hydrogen-bond acceptors (Lipinski definition) is 5. The molecule has 1 fully saturated rings. The number of sulfonamides is 1. The maximum absolute atomic E-state index is 12.5. The molecule has 0 radical (unpaired) electrons. The molecule has 1 amide bonds. The third-order valence-electron chi connectivity index (χ3n) is 3.62. The quantitative estimate of drug-likeness (QED) is 0.741. The minimum Gasteiger partial charge on any atom is -0.280 e. The van der Waals surface area contributed by atoms with Crippen molar-refractivity contribution >= 4 is 50.7 Å². The van der Waals surface area contributed by atoms with E-state index in [0.717, 1.165) is 23.6 Å². The molecule has 0 unspecified atom stereocenters. The number of benzene rings is 2. The Morgan fingerprint density at radius 1 is 1.15 bits per heavy atom. The third kappa shape index (κ3) is 4.78. The number of hydrogen-bond donors (Lipinski definition) is 2. The fourth-order valence-electron chi connectivity index (χ4n) is 2.27. The molecule has 1 heterocycles. The van der Waals surface area contributed by atoms with E-state index in [1.54, 1.807) is 42.1 Å². The predicted octanol–water partition coefficient (Wildman–Crippen LogP) is 3.36. The summed E-state index contributed by atoms with van der Waals surface area (Å²) in [5.41, 5.74) is 4.01. The van der Waals surface area contributed by atoms with Crippen molar-refractivity contribution in [3.8, 4) is 0 Å². The molecule has 0 atom stereocenters. The molecule has 2 aromatic carbocycles. The van der Waals surface area contributed by atoms with Gasteiger partial charge in [-0.1, -0.05) is 17.7 Å². The molecule has 136 valence electrons. The summed E-state index contributed by atoms with van der Waals surface area (Å²) in [6, 6.07) is 12.1. The molecular weight excluding hydrogens is 394 g/mol. The monoisotopic (exact) mass is 409 g/mol. The van der Waals surface area contributed by atoms with Gasteiger partial charge in [-0.2, -0.15) is 16.9 Å². The highest BCUT2D eigenvalue weighted by Crippen LogP contribution is 2.19. The van der Waals surface area contributed by atoms with Crippen LogP contribution < -0.4 is 10.1 Å². The minimum atomic E-state index is -3.83. The minimum absolute atomic E-state index is 0.0100. The van der Waals surface area contributed by atoms with Crippen LogP contribution in [0.25, 0.3) is 0 Å². The second kappa shape index (κ2) is 8.11. The van der Waals surface area contributed by atoms with Crippen LogP contribution in [0.2, 0.25) is 5.02 Å². The van der Waals surface area contributed by atoms with Crippen molar-refractivity contribution in [1.82, 2.24) is 5.43 Å². The summed E-state index contributed by atoms with van der Waals surface area (Å²) in [6.45, 7) is 0. The Kier molecular flexibility index (Phi) is 5.85. The van der Waals surface area contributed by atoms with E-state index in [9.17, 15) is 13.2 Å². The SMILES string of the molecule is O=C(N/N=C1\CCSC1)c1cccc(S(=O)(=O)Nc2ccc(Cl)cc2)c1. The number of rotatable bonds is 5. The Balaban J connectivity index is 1.75. The normalized spacial score (nSPS) is 15.8. The van der Waals surface area contributed by atoms with Gasteiger partial charge in [-0.05, 0) is 54.6 Å². The van der Waals surface area contributed by atoms with Gasteiger partial charge in [0.1, 0.15) is 0 Å². The first kappa shape index (κ1) is 18.8. The Morgan fingerprint density at radius 2 is 1.92 bits per heavy atom. The van der Waals surface area contributed by atoms with Gasteiger partial charge in [-0.15, -0.1) is 0 Å². The van der Waals surface area contributed by atoms with Gasteiger partial charge in [-0.25, -0.2) is 13.8 Å². The van der Waals surface area contributed by atoms with Crippen LogP contribution in [0, 0.1) is 0 Å². The Bertz CT molecular complexity index is 936. The van der Waals surface area contributed by atoms with Crippen molar-refractivity contribution in [2.45, 2.75) is 11.3 Å². The van der Waals surface area contributed by atoms with E-state index in [1.807, 2.05) is 0 Å². The van der Waals surface area contributed by atoms with Crippen LogP contribution in [0.4, 0.5) is 5.69 Å². The van der Waals surface area contributed by atoms with Gasteiger partial charge in [-0.3, -0.25) is 9.52 Å². The number of carbonyl (C=O) groups is 1. The van der Waals surface area contributed by atoms with Crippen molar-refractivity contribution < 1.29 is 13.2 Å². The fraction of sp³-hybridized carbons (Fsp3) is 0.176. The molecule has 1 aliphatic rings. The van der Waals surface area contributed by atoms with Gasteiger partial charge in [0.25, 0.3) is 15.9 Å². The number of halogens is 1. The highest BCUT2D eigenvalue weighted by atomic mass is 35.5. The molecule has 3 rings (SSSR count). The highest BCUT2D eigenvalue weighted by Gasteiger charge is 2.17. The topological polar surface area (TPSA) is 87.6 Å². The fourth-order valence-corrected chi connectivity index (χ4v) is 4.47. The highest BCUT2D eigenvalue weighted by molar-refractivity contribution is 8.00. The average molecular weight is 410 g/mol. The van der Waals surface area contributed by atoms with Crippen molar-refractivity contribution in [2.24, 2.45) is 5.10 Å². The van der Waals surface area contributed by atoms with E-state index in [4.69, 9.17) is 11.6 Å². The first-order chi connectivity index (χ1) is 12.4. The number of hydrazone groups is 1. The van der Waals surface area contributed by atoms with Gasteiger partial charge in [0.15, 0.2) is 0 Å². The molecule has 6 nitrogen and oxygen atoms in total. The standard InChI is InChI=1S/C17H16ClN3O3S2/c18-13-4-6-14(7-5-13)21-26(23,24)16-3-1-2-12(10-16)17(22)20-19-15-8-9-25-11-15/h1-7,10,21H,8-9,11H2,(H,20,22)/b19-15+. The molecule has 1 aliphatic heterocycles. The van der Waals surface area contributed by atoms with Crippen LogP contribution in [-0.4, -0.2) is 31.5 Å². The molecule has 0 spiro atoms. The molecule has 1 saturated heterocycles. The van der Waals surface area contributed by atoms with E-state index in [2.05, 4.69) is 15.2 Å². The van der Waals surface area contributed by atoms with E-state index in [1.165, 1.54) is 18.2 Å². The van der Waals surface area contributed by atoms with E-state index < -0.39 is 15.9 Å². The molecule has 0 saturated carbocycles. The smallest absolute Gasteiger partial charge is 0.271 e. The summed E-state index contributed by atoms with van der Waals surface area (Å²) >= 11 is 7.56. The lowest BCUT2D eigenvalue weighted by atomic mass is 10.2. The van der Waals surface area contributed by atoms with Gasteiger partial charge >= 0.3 is 0 Å². The lowest BCUT2D eigenvalue weighted by molar-refractivity contribution is 0.0954. The Morgan fingerprint density at radius 3 is 2.62 bits per heavy atom. The van der Waals surface area contributed by atoms with E-state index in [-0.39, 0.29) is 10.5 Å². The molecule has 2 N–H and O–H groups in total. The number of thioether (sulfide) groups is 1. The zero-order valence-electron chi connectivity index (χ0n) is 13.6. The Hall–Kier alpha value is -2.03. The number of nitrogens with zero attached hydrogens (tertiary/aromatic N) is 1. The van der Waals surface area contributed by atoms with E-state index in [0.29, 0.717) is 10.7 Å². The van der Waals surface area contributed by atoms with Crippen molar-refractivity contribution in [3.63, 3.8) is 0 Å². The van der Waals surface area contributed by atoms with Crippen molar-refractivity contribution in [3.05, 3.63) is 59.1 Å². The van der Waals surface area contributed by atoms with Gasteiger partial charge in [0.05, 0.1) is 4.90 Å². The summed E-state index contributed by atoms with van der Waals surface area (Å²) in [7, 11) is -3.83. The third-order valence-corrected chi connectivity index (χ3v) is 6.28. The lowest BCUT2D eigenvalue weighted by Gasteiger charge is -2.09. The molecule has 0 aliphatic carbocycles. The molecule has 2 aromatic rings. The second-order valence-electron chi connectivity index (χ2n) is 5.56. The van der Waals surface area contributed by atoms with Gasteiger partial charge in [0, 0.05) is 27.7 Å². The molecule has 26 heavy (non-hydrogen) atoms. The Labute approximate surface area is 161 Å². The van der Waals surface area contributed by atoms with Crippen LogP contribution in [0.15, 0.2) is 58.5 Å². The lowest BCUT2D eigenvalue weighted by Crippen LogP contribution is -2.20. The largest absolute Gasteiger partial charge is 0.280 e. The van der Waals surface area contributed by atoms with Crippen molar-refractivity contribution in [1.29, 1.82) is 0 Å². The summed E-state index contributed by atoms with van der Waals surface area (Å²) < 4.78 is 27.5. The van der Waals surface area contributed by atoms with Crippen LogP contribution in [-0.2, 0) is 10.0 Å². The maximum Gasteiger partial charge on any atom is 0.271 e. The number of nitrogens with one attached hydrogen (secondary N) is 2. The summed E-state index contributed by atoms with van der Waals surface area (Å²) in [6.07, 6.45) is 0.852. The van der Waals surface area contributed by atoms with Gasteiger partial charge in [0.2, 0.25) is 0 Å². The first-order valence-corrected chi connectivity index (χ1v) is 10.8. The van der Waals surface area contributed by atoms with Gasteiger partial charge < -0.3 is 0 Å². The number of anilines is 1. The second-order valence-corrected chi connectivity index (χ2v) is 8.79. The zero-order chi connectivity index (χ0) is 18.6. The number of amides is 1. The van der Waals surface area contributed by atoms with E-state index >= 15 is 0 Å². The average Bonchev–Trinajstić information content (AvgIpc) is 3.15. The zero-order valence-corrected chi connectivity index (χ0v) is 16.0. The predicted molar refractivity (Wildman–Crippen MR) is 106 cm³/mol. The summed E-state index contributed by atoms with van der Waals surface area (Å²) in [5, 5.41) is 4.59. The van der Waals surface area contributed by atoms with Crippen LogP contribution in [0.1, 0.15) is 16.8 Å². The van der Waals surface area contributed by atoms with Crippen LogP contribution in [0.5, 0.6) is 0 Å².